The maximum atomic E-state index is 13.2. The molecule has 4 rings (SSSR count). The number of rotatable bonds is 7. The number of anilines is 1. The number of aryl methyl sites for hydroxylation is 1. The first-order valence-electron chi connectivity index (χ1n) is 11.3. The van der Waals surface area contributed by atoms with E-state index in [-0.39, 0.29) is 22.9 Å². The topological polar surface area (TPSA) is 101 Å². The molecule has 8 nitrogen and oxygen atoms in total. The molecule has 0 saturated heterocycles. The Kier molecular flexibility index (Phi) is 7.48. The third kappa shape index (κ3) is 5.46. The number of sulfonamides is 1. The van der Waals surface area contributed by atoms with Crippen molar-refractivity contribution in [3.63, 3.8) is 0 Å². The molecule has 0 radical (unpaired) electrons. The molecule has 3 aromatic carbocycles. The van der Waals surface area contributed by atoms with Crippen LogP contribution in [0.5, 0.6) is 0 Å². The molecule has 0 aliphatic rings. The number of nitrogens with one attached hydrogen (secondary N) is 1. The molecule has 186 valence electrons. The van der Waals surface area contributed by atoms with Gasteiger partial charge >= 0.3 is 0 Å². The van der Waals surface area contributed by atoms with Crippen LogP contribution in [0.3, 0.4) is 0 Å². The first-order chi connectivity index (χ1) is 17.2. The Morgan fingerprint density at radius 2 is 1.72 bits per heavy atom. The quantitative estimate of drug-likeness (QED) is 0.394. The summed E-state index contributed by atoms with van der Waals surface area (Å²) < 4.78 is 30.4. The summed E-state index contributed by atoms with van der Waals surface area (Å²) >= 11 is 1.32. The van der Waals surface area contributed by atoms with Gasteiger partial charge in [-0.25, -0.2) is 8.42 Å². The Hall–Kier alpha value is -3.60. The van der Waals surface area contributed by atoms with Gasteiger partial charge in [-0.2, -0.15) is 9.30 Å². The Morgan fingerprint density at radius 3 is 2.36 bits per heavy atom. The van der Waals surface area contributed by atoms with Gasteiger partial charge in [0.15, 0.2) is 4.80 Å². The zero-order valence-corrected chi connectivity index (χ0v) is 21.8. The molecule has 1 heterocycles. The number of amides is 2. The predicted molar refractivity (Wildman–Crippen MR) is 141 cm³/mol. The number of nitrogens with zero attached hydrogens (tertiary/aromatic N) is 3. The maximum absolute atomic E-state index is 13.2. The second-order valence-corrected chi connectivity index (χ2v) is 11.1. The maximum Gasteiger partial charge on any atom is 0.279 e. The molecule has 0 aliphatic heterocycles. The van der Waals surface area contributed by atoms with Gasteiger partial charge < -0.3 is 9.88 Å². The van der Waals surface area contributed by atoms with Crippen LogP contribution in [0.15, 0.2) is 82.7 Å². The van der Waals surface area contributed by atoms with Gasteiger partial charge in [0.2, 0.25) is 15.9 Å². The molecule has 10 heteroatoms. The summed E-state index contributed by atoms with van der Waals surface area (Å²) in [5.74, 6) is -0.636. The number of benzene rings is 3. The largest absolute Gasteiger partial charge is 0.326 e. The molecule has 0 saturated carbocycles. The van der Waals surface area contributed by atoms with E-state index in [1.807, 2.05) is 49.5 Å². The Balaban J connectivity index is 1.58. The molecule has 1 N–H and O–H groups in total. The molecule has 4 aromatic rings. The molecule has 0 atom stereocenters. The van der Waals surface area contributed by atoms with Crippen LogP contribution in [0.25, 0.3) is 10.2 Å². The highest BCUT2D eigenvalue weighted by Gasteiger charge is 2.23. The van der Waals surface area contributed by atoms with Gasteiger partial charge in [-0.3, -0.25) is 9.59 Å². The van der Waals surface area contributed by atoms with Crippen LogP contribution in [0.2, 0.25) is 0 Å². The third-order valence-corrected chi connectivity index (χ3v) is 8.65. The zero-order valence-electron chi connectivity index (χ0n) is 20.1. The molecule has 0 bridgehead atoms. The monoisotopic (exact) mass is 522 g/mol. The second kappa shape index (κ2) is 10.6. The number of thiazole rings is 1. The molecule has 0 unspecified atom stereocenters. The highest BCUT2D eigenvalue weighted by Crippen LogP contribution is 2.22. The first-order valence-corrected chi connectivity index (χ1v) is 13.5. The fourth-order valence-electron chi connectivity index (χ4n) is 3.75. The van der Waals surface area contributed by atoms with E-state index in [1.165, 1.54) is 46.8 Å². The number of fused-ring (bicyclic) bond motifs is 1. The van der Waals surface area contributed by atoms with Crippen molar-refractivity contribution in [3.05, 3.63) is 88.7 Å². The number of carbonyl (C=O) groups is 2. The van der Waals surface area contributed by atoms with Crippen molar-refractivity contribution in [2.24, 2.45) is 12.0 Å². The fraction of sp³-hybridized carbons (Fsp3) is 0.192. The highest BCUT2D eigenvalue weighted by molar-refractivity contribution is 7.89. The van der Waals surface area contributed by atoms with Gasteiger partial charge in [0, 0.05) is 38.3 Å². The summed E-state index contributed by atoms with van der Waals surface area (Å²) in [6.45, 7) is 3.82. The Morgan fingerprint density at radius 1 is 1.03 bits per heavy atom. The Bertz CT molecular complexity index is 1590. The highest BCUT2D eigenvalue weighted by atomic mass is 32.2. The minimum Gasteiger partial charge on any atom is -0.326 e. The van der Waals surface area contributed by atoms with Crippen LogP contribution < -0.4 is 10.1 Å². The number of carbonyl (C=O) groups excluding carboxylic acids is 2. The predicted octanol–water partition coefficient (Wildman–Crippen LogP) is 4.15. The average Bonchev–Trinajstić information content (AvgIpc) is 3.16. The van der Waals surface area contributed by atoms with E-state index in [4.69, 9.17) is 0 Å². The minimum atomic E-state index is -3.73. The third-order valence-electron chi connectivity index (χ3n) is 5.62. The van der Waals surface area contributed by atoms with Crippen molar-refractivity contribution in [2.45, 2.75) is 25.3 Å². The van der Waals surface area contributed by atoms with E-state index in [0.717, 1.165) is 15.8 Å². The van der Waals surface area contributed by atoms with Crippen LogP contribution in [0.4, 0.5) is 5.69 Å². The van der Waals surface area contributed by atoms with Gasteiger partial charge in [-0.15, -0.1) is 0 Å². The van der Waals surface area contributed by atoms with Crippen molar-refractivity contribution in [3.8, 4) is 0 Å². The van der Waals surface area contributed by atoms with Gasteiger partial charge in [-0.1, -0.05) is 48.6 Å². The molecular formula is C26H26N4O4S2. The normalized spacial score (nSPS) is 12.3. The van der Waals surface area contributed by atoms with Crippen molar-refractivity contribution >= 4 is 49.1 Å². The molecule has 2 amide bonds. The summed E-state index contributed by atoms with van der Waals surface area (Å²) in [6, 6.07) is 20.7. The molecule has 0 spiro atoms. The van der Waals surface area contributed by atoms with Crippen molar-refractivity contribution in [1.29, 1.82) is 0 Å². The van der Waals surface area contributed by atoms with Crippen molar-refractivity contribution in [2.75, 3.05) is 11.9 Å². The van der Waals surface area contributed by atoms with Gasteiger partial charge in [0.05, 0.1) is 15.1 Å². The smallest absolute Gasteiger partial charge is 0.279 e. The van der Waals surface area contributed by atoms with Crippen molar-refractivity contribution in [1.82, 2.24) is 8.87 Å². The first kappa shape index (κ1) is 25.5. The van der Waals surface area contributed by atoms with Gasteiger partial charge in [0.25, 0.3) is 5.91 Å². The summed E-state index contributed by atoms with van der Waals surface area (Å²) in [5.41, 5.74) is 2.73. The summed E-state index contributed by atoms with van der Waals surface area (Å²) in [7, 11) is -1.92. The van der Waals surface area contributed by atoms with E-state index >= 15 is 0 Å². The van der Waals surface area contributed by atoms with Crippen LogP contribution in [0.1, 0.15) is 29.8 Å². The van der Waals surface area contributed by atoms with Crippen LogP contribution >= 0.6 is 11.3 Å². The van der Waals surface area contributed by atoms with Gasteiger partial charge in [-0.05, 0) is 48.0 Å². The fourth-order valence-corrected chi connectivity index (χ4v) is 6.24. The zero-order chi connectivity index (χ0) is 25.9. The summed E-state index contributed by atoms with van der Waals surface area (Å²) in [4.78, 5) is 29.1. The van der Waals surface area contributed by atoms with Crippen molar-refractivity contribution < 1.29 is 18.0 Å². The summed E-state index contributed by atoms with van der Waals surface area (Å²) in [6.07, 6.45) is 0. The standard InChI is InChI=1S/C26H26N4O4S2/c1-4-30(17-19-8-6-5-7-9-19)36(33,34)22-13-10-20(11-14-22)25(32)28-26-29(3)23-15-12-21(27-18(2)31)16-24(23)35-26/h5-16H,4,17H2,1-3H3,(H,27,31). The lowest BCUT2D eigenvalue weighted by atomic mass is 10.2. The van der Waals surface area contributed by atoms with E-state index in [0.29, 0.717) is 17.0 Å². The molecule has 36 heavy (non-hydrogen) atoms. The van der Waals surface area contributed by atoms with E-state index < -0.39 is 15.9 Å². The lowest BCUT2D eigenvalue weighted by molar-refractivity contribution is -0.114. The van der Waals surface area contributed by atoms with E-state index in [2.05, 4.69) is 10.3 Å². The lowest BCUT2D eigenvalue weighted by Crippen LogP contribution is -2.30. The molecule has 0 aliphatic carbocycles. The number of hydrogen-bond acceptors (Lipinski definition) is 5. The number of hydrogen-bond donors (Lipinski definition) is 1. The molecule has 0 fully saturated rings. The van der Waals surface area contributed by atoms with Crippen LogP contribution in [-0.2, 0) is 28.4 Å². The summed E-state index contributed by atoms with van der Waals surface area (Å²) in [5, 5.41) is 2.74. The second-order valence-electron chi connectivity index (χ2n) is 8.17. The van der Waals surface area contributed by atoms with Gasteiger partial charge in [0.1, 0.15) is 0 Å². The van der Waals surface area contributed by atoms with Crippen LogP contribution in [-0.4, -0.2) is 35.6 Å². The number of aromatic nitrogens is 1. The Labute approximate surface area is 213 Å². The van der Waals surface area contributed by atoms with E-state index in [1.54, 1.807) is 17.6 Å². The average molecular weight is 523 g/mol. The van der Waals surface area contributed by atoms with E-state index in [9.17, 15) is 18.0 Å². The minimum absolute atomic E-state index is 0.120. The lowest BCUT2D eigenvalue weighted by Gasteiger charge is -2.20. The molecule has 1 aromatic heterocycles. The molecular weight excluding hydrogens is 496 g/mol. The van der Waals surface area contributed by atoms with Crippen LogP contribution in [0, 0.1) is 0 Å². The SMILES string of the molecule is CCN(Cc1ccccc1)S(=O)(=O)c1ccc(C(=O)N=c2sc3cc(NC(C)=O)ccc3n2C)cc1.